The summed E-state index contributed by atoms with van der Waals surface area (Å²) in [6.07, 6.45) is 2.42. The van der Waals surface area contributed by atoms with Crippen molar-refractivity contribution in [3.8, 4) is 0 Å². The van der Waals surface area contributed by atoms with Crippen LogP contribution in [-0.4, -0.2) is 29.2 Å². The molecule has 1 aromatic rings. The number of aliphatic hydroxyl groups is 1. The topological polar surface area (TPSA) is 75.6 Å². The van der Waals surface area contributed by atoms with E-state index in [9.17, 15) is 14.7 Å². The summed E-state index contributed by atoms with van der Waals surface area (Å²) in [5, 5.41) is 12.7. The summed E-state index contributed by atoms with van der Waals surface area (Å²) in [4.78, 5) is 23.5. The Balaban J connectivity index is 1.84. The molecule has 0 saturated heterocycles. The molecule has 0 spiro atoms. The smallest absolute Gasteiger partial charge is 0.338 e. The average Bonchev–Trinajstić information content (AvgIpc) is 2.87. The molecule has 1 amide bonds. The molecule has 1 aliphatic rings. The number of ether oxygens (including phenoxy) is 1. The molecule has 0 atom stereocenters. The maximum absolute atomic E-state index is 11.7. The summed E-state index contributed by atoms with van der Waals surface area (Å²) in [5.74, 6) is -1.11. The first-order chi connectivity index (χ1) is 9.51. The summed E-state index contributed by atoms with van der Waals surface area (Å²) in [5.41, 5.74) is -0.727. The van der Waals surface area contributed by atoms with Gasteiger partial charge in [0.25, 0.3) is 5.91 Å². The van der Waals surface area contributed by atoms with Crippen LogP contribution in [0.4, 0.5) is 5.69 Å². The van der Waals surface area contributed by atoms with E-state index in [1.165, 1.54) is 0 Å². The predicted octanol–water partition coefficient (Wildman–Crippen LogP) is 2.08. The standard InChI is InChI=1S/C14H16INO4/c15-10-5-1-2-6-11(10)16-12(17)9-20-13(18)14(19)7-3-4-8-14/h1-2,5-6,19H,3-4,7-9H2,(H,16,17). The van der Waals surface area contributed by atoms with Crippen LogP contribution in [-0.2, 0) is 14.3 Å². The Morgan fingerprint density at radius 2 is 1.95 bits per heavy atom. The Kier molecular flexibility index (Phi) is 4.98. The van der Waals surface area contributed by atoms with Crippen molar-refractivity contribution in [2.75, 3.05) is 11.9 Å². The lowest BCUT2D eigenvalue weighted by Gasteiger charge is -2.19. The third kappa shape index (κ3) is 3.69. The molecule has 108 valence electrons. The van der Waals surface area contributed by atoms with Gasteiger partial charge >= 0.3 is 5.97 Å². The number of rotatable bonds is 4. The van der Waals surface area contributed by atoms with Crippen LogP contribution >= 0.6 is 22.6 Å². The van der Waals surface area contributed by atoms with E-state index in [0.717, 1.165) is 16.4 Å². The quantitative estimate of drug-likeness (QED) is 0.611. The van der Waals surface area contributed by atoms with Crippen molar-refractivity contribution in [2.45, 2.75) is 31.3 Å². The van der Waals surface area contributed by atoms with Crippen LogP contribution in [0, 0.1) is 3.57 Å². The molecule has 2 rings (SSSR count). The van der Waals surface area contributed by atoms with Crippen LogP contribution in [0.15, 0.2) is 24.3 Å². The Hall–Kier alpha value is -1.15. The molecule has 5 nitrogen and oxygen atoms in total. The molecule has 2 N–H and O–H groups in total. The first-order valence-electron chi connectivity index (χ1n) is 6.45. The average molecular weight is 389 g/mol. The molecule has 1 aliphatic carbocycles. The molecule has 20 heavy (non-hydrogen) atoms. The number of anilines is 1. The fourth-order valence-corrected chi connectivity index (χ4v) is 2.70. The molecule has 0 aromatic heterocycles. The Morgan fingerprint density at radius 3 is 2.60 bits per heavy atom. The molecular weight excluding hydrogens is 373 g/mol. The fourth-order valence-electron chi connectivity index (χ4n) is 2.18. The lowest BCUT2D eigenvalue weighted by atomic mass is 10.0. The fraction of sp³-hybridized carbons (Fsp3) is 0.429. The number of benzene rings is 1. The van der Waals surface area contributed by atoms with Crippen molar-refractivity contribution in [3.63, 3.8) is 0 Å². The highest BCUT2D eigenvalue weighted by Gasteiger charge is 2.40. The van der Waals surface area contributed by atoms with Gasteiger partial charge in [0.1, 0.15) is 0 Å². The molecule has 1 aromatic carbocycles. The minimum Gasteiger partial charge on any atom is -0.453 e. The van der Waals surface area contributed by atoms with Gasteiger partial charge in [-0.1, -0.05) is 12.1 Å². The lowest BCUT2D eigenvalue weighted by Crippen LogP contribution is -2.38. The number of hydrogen-bond donors (Lipinski definition) is 2. The lowest BCUT2D eigenvalue weighted by molar-refractivity contribution is -0.166. The van der Waals surface area contributed by atoms with Gasteiger partial charge in [-0.3, -0.25) is 4.79 Å². The Bertz CT molecular complexity index is 512. The highest BCUT2D eigenvalue weighted by atomic mass is 127. The minimum atomic E-state index is -1.40. The zero-order chi connectivity index (χ0) is 14.6. The zero-order valence-electron chi connectivity index (χ0n) is 10.9. The second kappa shape index (κ2) is 6.53. The first-order valence-corrected chi connectivity index (χ1v) is 7.53. The van der Waals surface area contributed by atoms with Gasteiger partial charge in [0.2, 0.25) is 0 Å². The molecule has 1 fully saturated rings. The molecule has 1 saturated carbocycles. The summed E-state index contributed by atoms with van der Waals surface area (Å²) >= 11 is 2.11. The zero-order valence-corrected chi connectivity index (χ0v) is 13.1. The van der Waals surface area contributed by atoms with Crippen LogP contribution in [0.3, 0.4) is 0 Å². The van der Waals surface area contributed by atoms with E-state index in [1.54, 1.807) is 6.07 Å². The molecular formula is C14H16INO4. The van der Waals surface area contributed by atoms with E-state index in [-0.39, 0.29) is 6.61 Å². The molecule has 0 unspecified atom stereocenters. The van der Waals surface area contributed by atoms with Gasteiger partial charge in [-0.25, -0.2) is 4.79 Å². The second-order valence-electron chi connectivity index (χ2n) is 4.84. The number of nitrogens with one attached hydrogen (secondary N) is 1. The highest BCUT2D eigenvalue weighted by molar-refractivity contribution is 14.1. The number of esters is 1. The maximum atomic E-state index is 11.7. The highest BCUT2D eigenvalue weighted by Crippen LogP contribution is 2.30. The normalized spacial score (nSPS) is 16.7. The van der Waals surface area contributed by atoms with E-state index < -0.39 is 17.5 Å². The van der Waals surface area contributed by atoms with Gasteiger partial charge in [-0.2, -0.15) is 0 Å². The summed E-state index contributed by atoms with van der Waals surface area (Å²) < 4.78 is 5.80. The van der Waals surface area contributed by atoms with Gasteiger partial charge in [0.05, 0.1) is 5.69 Å². The summed E-state index contributed by atoms with van der Waals surface area (Å²) in [6, 6.07) is 7.31. The monoisotopic (exact) mass is 389 g/mol. The van der Waals surface area contributed by atoms with Crippen molar-refractivity contribution in [1.29, 1.82) is 0 Å². The maximum Gasteiger partial charge on any atom is 0.338 e. The van der Waals surface area contributed by atoms with Crippen LogP contribution in [0.25, 0.3) is 0 Å². The van der Waals surface area contributed by atoms with Crippen LogP contribution in [0.2, 0.25) is 0 Å². The van der Waals surface area contributed by atoms with Crippen molar-refractivity contribution >= 4 is 40.2 Å². The third-order valence-corrected chi connectivity index (χ3v) is 4.23. The summed E-state index contributed by atoms with van der Waals surface area (Å²) in [6.45, 7) is -0.383. The van der Waals surface area contributed by atoms with Crippen molar-refractivity contribution < 1.29 is 19.4 Å². The van der Waals surface area contributed by atoms with Crippen molar-refractivity contribution in [1.82, 2.24) is 0 Å². The Labute approximate surface area is 130 Å². The number of halogens is 1. The van der Waals surface area contributed by atoms with Crippen molar-refractivity contribution in [3.05, 3.63) is 27.8 Å². The second-order valence-corrected chi connectivity index (χ2v) is 6.01. The number of hydrogen-bond acceptors (Lipinski definition) is 4. The number of amides is 1. The molecule has 0 aliphatic heterocycles. The largest absolute Gasteiger partial charge is 0.453 e. The van der Waals surface area contributed by atoms with Crippen LogP contribution in [0.5, 0.6) is 0 Å². The molecule has 0 heterocycles. The van der Waals surface area contributed by atoms with E-state index in [1.807, 2.05) is 18.2 Å². The Morgan fingerprint density at radius 1 is 1.30 bits per heavy atom. The number of para-hydroxylation sites is 1. The van der Waals surface area contributed by atoms with Gasteiger partial charge in [0.15, 0.2) is 12.2 Å². The molecule has 6 heteroatoms. The van der Waals surface area contributed by atoms with Crippen LogP contribution < -0.4 is 5.32 Å². The molecule has 0 radical (unpaired) electrons. The predicted molar refractivity (Wildman–Crippen MR) is 82.2 cm³/mol. The number of carbonyl (C=O) groups is 2. The van der Waals surface area contributed by atoms with Crippen molar-refractivity contribution in [2.24, 2.45) is 0 Å². The van der Waals surface area contributed by atoms with Crippen LogP contribution in [0.1, 0.15) is 25.7 Å². The number of carbonyl (C=O) groups excluding carboxylic acids is 2. The van der Waals surface area contributed by atoms with E-state index >= 15 is 0 Å². The first kappa shape index (κ1) is 15.2. The van der Waals surface area contributed by atoms with Gasteiger partial charge < -0.3 is 15.2 Å². The van der Waals surface area contributed by atoms with Gasteiger partial charge in [-0.05, 0) is 60.4 Å². The van der Waals surface area contributed by atoms with Gasteiger partial charge in [0, 0.05) is 3.57 Å². The van der Waals surface area contributed by atoms with Gasteiger partial charge in [-0.15, -0.1) is 0 Å². The SMILES string of the molecule is O=C(COC(=O)C1(O)CCCC1)Nc1ccccc1I. The van der Waals surface area contributed by atoms with E-state index in [4.69, 9.17) is 4.74 Å². The van der Waals surface area contributed by atoms with E-state index in [0.29, 0.717) is 18.5 Å². The minimum absolute atomic E-state index is 0.383. The third-order valence-electron chi connectivity index (χ3n) is 3.29. The summed E-state index contributed by atoms with van der Waals surface area (Å²) in [7, 11) is 0. The van der Waals surface area contributed by atoms with E-state index in [2.05, 4.69) is 27.9 Å². The molecule has 0 bridgehead atoms.